The molecular formula is C10H19O. The van der Waals surface area contributed by atoms with E-state index in [0.717, 1.165) is 25.0 Å². The minimum absolute atomic E-state index is 0.713. The molecule has 0 unspecified atom stereocenters. The first-order valence-corrected chi connectivity index (χ1v) is 4.28. The molecular weight excluding hydrogens is 136 g/mol. The van der Waals surface area contributed by atoms with Crippen molar-refractivity contribution in [3.8, 4) is 0 Å². The molecule has 0 saturated carbocycles. The summed E-state index contributed by atoms with van der Waals surface area (Å²) in [6, 6.07) is 0. The van der Waals surface area contributed by atoms with Gasteiger partial charge in [0.1, 0.15) is 0 Å². The van der Waals surface area contributed by atoms with Gasteiger partial charge in [0.25, 0.3) is 0 Å². The number of unbranched alkanes of at least 4 members (excludes halogenated alkanes) is 3. The van der Waals surface area contributed by atoms with Crippen LogP contribution in [0.3, 0.4) is 0 Å². The van der Waals surface area contributed by atoms with Gasteiger partial charge in [0.15, 0.2) is 0 Å². The second-order valence-electron chi connectivity index (χ2n) is 2.92. The molecule has 0 rings (SSSR count). The Balaban J connectivity index is 2.85. The Morgan fingerprint density at radius 2 is 2.00 bits per heavy atom. The summed E-state index contributed by atoms with van der Waals surface area (Å²) in [7, 11) is 0. The third kappa shape index (κ3) is 9.70. The van der Waals surface area contributed by atoms with Crippen molar-refractivity contribution in [2.24, 2.45) is 0 Å². The summed E-state index contributed by atoms with van der Waals surface area (Å²) in [6.07, 6.45) is 4.65. The highest BCUT2D eigenvalue weighted by Gasteiger charge is 1.88. The van der Waals surface area contributed by atoms with Crippen LogP contribution in [-0.4, -0.2) is 13.2 Å². The van der Waals surface area contributed by atoms with E-state index in [2.05, 4.69) is 13.5 Å². The van der Waals surface area contributed by atoms with E-state index in [-0.39, 0.29) is 0 Å². The number of rotatable bonds is 7. The van der Waals surface area contributed by atoms with Gasteiger partial charge in [0, 0.05) is 6.61 Å². The topological polar surface area (TPSA) is 9.23 Å². The first-order chi connectivity index (χ1) is 5.27. The molecule has 0 amide bonds. The van der Waals surface area contributed by atoms with Crippen molar-refractivity contribution >= 4 is 0 Å². The highest BCUT2D eigenvalue weighted by atomic mass is 16.5. The molecule has 0 aromatic rings. The van der Waals surface area contributed by atoms with E-state index in [0.29, 0.717) is 6.61 Å². The van der Waals surface area contributed by atoms with Crippen molar-refractivity contribution < 1.29 is 4.74 Å². The van der Waals surface area contributed by atoms with Gasteiger partial charge in [-0.25, -0.2) is 0 Å². The maximum atomic E-state index is 5.32. The van der Waals surface area contributed by atoms with E-state index < -0.39 is 0 Å². The van der Waals surface area contributed by atoms with E-state index in [4.69, 9.17) is 4.74 Å². The second kappa shape index (κ2) is 7.80. The molecule has 0 atom stereocenters. The van der Waals surface area contributed by atoms with E-state index in [1.807, 2.05) is 6.92 Å². The van der Waals surface area contributed by atoms with Gasteiger partial charge in [-0.1, -0.05) is 38.3 Å². The third-order valence-corrected chi connectivity index (χ3v) is 1.39. The Labute approximate surface area is 70.4 Å². The van der Waals surface area contributed by atoms with Crippen LogP contribution in [0.15, 0.2) is 12.2 Å². The lowest BCUT2D eigenvalue weighted by molar-refractivity contribution is 0.151. The van der Waals surface area contributed by atoms with Gasteiger partial charge < -0.3 is 4.74 Å². The molecule has 0 spiro atoms. The average molecular weight is 155 g/mol. The van der Waals surface area contributed by atoms with Crippen LogP contribution in [0.1, 0.15) is 32.6 Å². The molecule has 0 heterocycles. The van der Waals surface area contributed by atoms with Gasteiger partial charge >= 0.3 is 0 Å². The molecule has 11 heavy (non-hydrogen) atoms. The minimum Gasteiger partial charge on any atom is -0.377 e. The number of hydrogen-bond acceptors (Lipinski definition) is 1. The van der Waals surface area contributed by atoms with Gasteiger partial charge in [-0.05, 0) is 13.3 Å². The number of ether oxygens (including phenoxy) is 1. The highest BCUT2D eigenvalue weighted by molar-refractivity contribution is 4.87. The van der Waals surface area contributed by atoms with Gasteiger partial charge in [-0.2, -0.15) is 0 Å². The van der Waals surface area contributed by atoms with Crippen LogP contribution in [0.4, 0.5) is 0 Å². The lowest BCUT2D eigenvalue weighted by atomic mass is 10.2. The maximum Gasteiger partial charge on any atom is 0.0671 e. The SMILES string of the molecule is [CH2]CCCCCOCC(=C)C. The molecule has 65 valence electrons. The molecule has 0 aliphatic rings. The van der Waals surface area contributed by atoms with Gasteiger partial charge in [0.2, 0.25) is 0 Å². The smallest absolute Gasteiger partial charge is 0.0671 e. The van der Waals surface area contributed by atoms with Gasteiger partial charge in [-0.3, -0.25) is 0 Å². The van der Waals surface area contributed by atoms with Crippen molar-refractivity contribution in [2.45, 2.75) is 32.6 Å². The predicted octanol–water partition coefficient (Wildman–Crippen LogP) is 2.97. The summed E-state index contributed by atoms with van der Waals surface area (Å²) in [6.45, 7) is 11.1. The fraction of sp³-hybridized carbons (Fsp3) is 0.700. The van der Waals surface area contributed by atoms with Crippen LogP contribution in [-0.2, 0) is 4.74 Å². The van der Waals surface area contributed by atoms with E-state index in [1.54, 1.807) is 0 Å². The quantitative estimate of drug-likeness (QED) is 0.405. The molecule has 0 aromatic heterocycles. The van der Waals surface area contributed by atoms with Crippen LogP contribution < -0.4 is 0 Å². The monoisotopic (exact) mass is 155 g/mol. The second-order valence-corrected chi connectivity index (χ2v) is 2.92. The zero-order valence-electron chi connectivity index (χ0n) is 7.57. The molecule has 0 aliphatic heterocycles. The maximum absolute atomic E-state index is 5.32. The van der Waals surface area contributed by atoms with Crippen LogP contribution in [0.2, 0.25) is 0 Å². The Morgan fingerprint density at radius 1 is 1.27 bits per heavy atom. The Hall–Kier alpha value is -0.300. The van der Waals surface area contributed by atoms with Crippen molar-refractivity contribution in [1.82, 2.24) is 0 Å². The molecule has 1 heteroatoms. The third-order valence-electron chi connectivity index (χ3n) is 1.39. The van der Waals surface area contributed by atoms with Crippen LogP contribution in [0, 0.1) is 6.92 Å². The van der Waals surface area contributed by atoms with Gasteiger partial charge in [0.05, 0.1) is 6.61 Å². The Morgan fingerprint density at radius 3 is 2.55 bits per heavy atom. The molecule has 0 fully saturated rings. The Kier molecular flexibility index (Phi) is 7.59. The first-order valence-electron chi connectivity index (χ1n) is 4.28. The molecule has 0 N–H and O–H groups in total. The summed E-state index contributed by atoms with van der Waals surface area (Å²) in [5.41, 5.74) is 1.10. The lowest BCUT2D eigenvalue weighted by Gasteiger charge is -2.02. The van der Waals surface area contributed by atoms with E-state index in [9.17, 15) is 0 Å². The van der Waals surface area contributed by atoms with Crippen LogP contribution >= 0.6 is 0 Å². The van der Waals surface area contributed by atoms with Gasteiger partial charge in [-0.15, -0.1) is 0 Å². The predicted molar refractivity (Wildman–Crippen MR) is 49.5 cm³/mol. The molecule has 0 aliphatic carbocycles. The standard InChI is InChI=1S/C10H19O/c1-4-5-6-7-8-11-9-10(2)3/h1-2,4-9H2,3H3. The summed E-state index contributed by atoms with van der Waals surface area (Å²) in [5, 5.41) is 0. The largest absolute Gasteiger partial charge is 0.377 e. The Bertz CT molecular complexity index is 97.0. The zero-order chi connectivity index (χ0) is 8.53. The van der Waals surface area contributed by atoms with E-state index in [1.165, 1.54) is 12.8 Å². The molecule has 1 nitrogen and oxygen atoms in total. The first kappa shape index (κ1) is 10.7. The van der Waals surface area contributed by atoms with Crippen LogP contribution in [0.5, 0.6) is 0 Å². The number of hydrogen-bond donors (Lipinski definition) is 0. The average Bonchev–Trinajstić information content (AvgIpc) is 1.96. The molecule has 1 radical (unpaired) electrons. The molecule has 0 aromatic carbocycles. The van der Waals surface area contributed by atoms with Crippen molar-refractivity contribution in [1.29, 1.82) is 0 Å². The summed E-state index contributed by atoms with van der Waals surface area (Å²) in [5.74, 6) is 0. The summed E-state index contributed by atoms with van der Waals surface area (Å²) in [4.78, 5) is 0. The van der Waals surface area contributed by atoms with E-state index >= 15 is 0 Å². The fourth-order valence-electron chi connectivity index (χ4n) is 0.804. The highest BCUT2D eigenvalue weighted by Crippen LogP contribution is 1.99. The van der Waals surface area contributed by atoms with Crippen molar-refractivity contribution in [2.75, 3.05) is 13.2 Å². The summed E-state index contributed by atoms with van der Waals surface area (Å²) >= 11 is 0. The lowest BCUT2D eigenvalue weighted by Crippen LogP contribution is -1.96. The minimum atomic E-state index is 0.713. The van der Waals surface area contributed by atoms with Crippen molar-refractivity contribution in [3.63, 3.8) is 0 Å². The van der Waals surface area contributed by atoms with Crippen LogP contribution in [0.25, 0.3) is 0 Å². The fourth-order valence-corrected chi connectivity index (χ4v) is 0.804. The summed E-state index contributed by atoms with van der Waals surface area (Å²) < 4.78 is 5.32. The normalized spacial score (nSPS) is 10.0. The molecule has 0 saturated heterocycles. The molecule has 0 bridgehead atoms. The van der Waals surface area contributed by atoms with Crippen molar-refractivity contribution in [3.05, 3.63) is 19.1 Å². The zero-order valence-corrected chi connectivity index (χ0v) is 7.57.